The van der Waals surface area contributed by atoms with Gasteiger partial charge in [0.15, 0.2) is 0 Å². The normalized spacial score (nSPS) is 11.4. The highest BCUT2D eigenvalue weighted by Crippen LogP contribution is 2.28. The monoisotopic (exact) mass is 381 g/mol. The van der Waals surface area contributed by atoms with Crippen LogP contribution in [0, 0.1) is 0 Å². The molecule has 0 atom stereocenters. The lowest BCUT2D eigenvalue weighted by molar-refractivity contribution is 0.362. The topological polar surface area (TPSA) is 55.8 Å². The SMILES string of the molecule is C=CCOc1cccc(CN(C)S(=O)(=O)c2ccc(OC)c(Cl)c2)c1. The van der Waals surface area contributed by atoms with Crippen LogP contribution in [0.3, 0.4) is 0 Å². The van der Waals surface area contributed by atoms with Crippen LogP contribution in [0.15, 0.2) is 60.0 Å². The standard InChI is InChI=1S/C18H20ClNO4S/c1-4-10-24-15-7-5-6-14(11-15)13-20(2)25(21,22)16-8-9-18(23-3)17(19)12-16/h4-9,11-12H,1,10,13H2,2-3H3. The molecule has 0 unspecified atom stereocenters. The van der Waals surface area contributed by atoms with Gasteiger partial charge in [0, 0.05) is 13.6 Å². The minimum absolute atomic E-state index is 0.111. The van der Waals surface area contributed by atoms with E-state index in [0.717, 1.165) is 5.56 Å². The van der Waals surface area contributed by atoms with Gasteiger partial charge in [0.05, 0.1) is 17.0 Å². The van der Waals surface area contributed by atoms with E-state index < -0.39 is 10.0 Å². The molecule has 0 bridgehead atoms. The number of nitrogens with zero attached hydrogens (tertiary/aromatic N) is 1. The van der Waals surface area contributed by atoms with E-state index in [2.05, 4.69) is 6.58 Å². The summed E-state index contributed by atoms with van der Waals surface area (Å²) in [6, 6.07) is 11.7. The summed E-state index contributed by atoms with van der Waals surface area (Å²) < 4.78 is 37.2. The van der Waals surface area contributed by atoms with E-state index in [-0.39, 0.29) is 16.5 Å². The van der Waals surface area contributed by atoms with E-state index in [4.69, 9.17) is 21.1 Å². The molecule has 7 heteroatoms. The molecule has 0 fully saturated rings. The van der Waals surface area contributed by atoms with Crippen molar-refractivity contribution in [1.29, 1.82) is 0 Å². The Kier molecular flexibility index (Phi) is 6.47. The molecule has 0 radical (unpaired) electrons. The number of methoxy groups -OCH3 is 1. The molecule has 0 aromatic heterocycles. The largest absolute Gasteiger partial charge is 0.495 e. The Bertz CT molecular complexity index is 852. The van der Waals surface area contributed by atoms with Crippen molar-refractivity contribution >= 4 is 21.6 Å². The molecule has 0 heterocycles. The van der Waals surface area contributed by atoms with E-state index >= 15 is 0 Å². The average Bonchev–Trinajstić information content (AvgIpc) is 2.60. The van der Waals surface area contributed by atoms with Gasteiger partial charge in [0.25, 0.3) is 0 Å². The molecule has 0 N–H and O–H groups in total. The molecule has 2 rings (SSSR count). The lowest BCUT2D eigenvalue weighted by Crippen LogP contribution is -2.26. The molecule has 0 saturated heterocycles. The van der Waals surface area contributed by atoms with Crippen LogP contribution in [0.25, 0.3) is 0 Å². The summed E-state index contributed by atoms with van der Waals surface area (Å²) in [5.41, 5.74) is 0.812. The van der Waals surface area contributed by atoms with Gasteiger partial charge in [-0.3, -0.25) is 0 Å². The molecular weight excluding hydrogens is 362 g/mol. The van der Waals surface area contributed by atoms with E-state index in [1.54, 1.807) is 12.1 Å². The minimum Gasteiger partial charge on any atom is -0.495 e. The molecule has 134 valence electrons. The first-order chi connectivity index (χ1) is 11.9. The Morgan fingerprint density at radius 1 is 1.24 bits per heavy atom. The van der Waals surface area contributed by atoms with Gasteiger partial charge in [-0.25, -0.2) is 8.42 Å². The number of benzene rings is 2. The van der Waals surface area contributed by atoms with Crippen LogP contribution in [0.4, 0.5) is 0 Å². The van der Waals surface area contributed by atoms with Crippen LogP contribution in [0.1, 0.15) is 5.56 Å². The summed E-state index contributed by atoms with van der Waals surface area (Å²) in [5.74, 6) is 1.09. The number of halogens is 1. The maximum atomic E-state index is 12.7. The van der Waals surface area contributed by atoms with Crippen LogP contribution < -0.4 is 9.47 Å². The minimum atomic E-state index is -3.68. The number of hydrogen-bond acceptors (Lipinski definition) is 4. The Morgan fingerprint density at radius 2 is 2.00 bits per heavy atom. The fraction of sp³-hybridized carbons (Fsp3) is 0.222. The fourth-order valence-corrected chi connectivity index (χ4v) is 3.73. The molecule has 0 aliphatic heterocycles. The Hall–Kier alpha value is -2.02. The molecule has 0 saturated carbocycles. The van der Waals surface area contributed by atoms with Crippen molar-refractivity contribution in [2.75, 3.05) is 20.8 Å². The van der Waals surface area contributed by atoms with Gasteiger partial charge in [-0.05, 0) is 35.9 Å². The van der Waals surface area contributed by atoms with Crippen LogP contribution >= 0.6 is 11.6 Å². The van der Waals surface area contributed by atoms with Crippen molar-refractivity contribution in [1.82, 2.24) is 4.31 Å². The predicted octanol–water partition coefficient (Wildman–Crippen LogP) is 3.73. The van der Waals surface area contributed by atoms with E-state index in [1.807, 2.05) is 18.2 Å². The van der Waals surface area contributed by atoms with E-state index in [0.29, 0.717) is 18.1 Å². The first-order valence-corrected chi connectivity index (χ1v) is 9.33. The third-order valence-corrected chi connectivity index (χ3v) is 5.60. The zero-order chi connectivity index (χ0) is 18.4. The molecule has 5 nitrogen and oxygen atoms in total. The third kappa shape index (κ3) is 4.75. The third-order valence-electron chi connectivity index (χ3n) is 3.50. The summed E-state index contributed by atoms with van der Waals surface area (Å²) in [6.45, 7) is 4.20. The summed E-state index contributed by atoms with van der Waals surface area (Å²) in [7, 11) is -0.684. The van der Waals surface area contributed by atoms with Gasteiger partial charge < -0.3 is 9.47 Å². The molecule has 2 aromatic rings. The van der Waals surface area contributed by atoms with Gasteiger partial charge in [-0.2, -0.15) is 4.31 Å². The van der Waals surface area contributed by atoms with Crippen molar-refractivity contribution in [2.45, 2.75) is 11.4 Å². The van der Waals surface area contributed by atoms with Crippen LogP contribution in [0.5, 0.6) is 11.5 Å². The highest BCUT2D eigenvalue weighted by atomic mass is 35.5. The second-order valence-electron chi connectivity index (χ2n) is 5.30. The van der Waals surface area contributed by atoms with Crippen molar-refractivity contribution < 1.29 is 17.9 Å². The summed E-state index contributed by atoms with van der Waals surface area (Å²) >= 11 is 6.04. The first kappa shape index (κ1) is 19.3. The van der Waals surface area contributed by atoms with Gasteiger partial charge >= 0.3 is 0 Å². The highest BCUT2D eigenvalue weighted by Gasteiger charge is 2.22. The highest BCUT2D eigenvalue weighted by molar-refractivity contribution is 7.89. The average molecular weight is 382 g/mol. The maximum Gasteiger partial charge on any atom is 0.243 e. The van der Waals surface area contributed by atoms with Crippen molar-refractivity contribution in [2.24, 2.45) is 0 Å². The quantitative estimate of drug-likeness (QED) is 0.654. The lowest BCUT2D eigenvalue weighted by Gasteiger charge is -2.18. The van der Waals surface area contributed by atoms with Gasteiger partial charge in [-0.1, -0.05) is 36.4 Å². The van der Waals surface area contributed by atoms with Crippen molar-refractivity contribution in [3.63, 3.8) is 0 Å². The fourth-order valence-electron chi connectivity index (χ4n) is 2.22. The number of hydrogen-bond donors (Lipinski definition) is 0. The van der Waals surface area contributed by atoms with Gasteiger partial charge in [0.2, 0.25) is 10.0 Å². The Morgan fingerprint density at radius 3 is 2.64 bits per heavy atom. The summed E-state index contributed by atoms with van der Waals surface area (Å²) in [5, 5.41) is 0.247. The number of rotatable bonds is 8. The lowest BCUT2D eigenvalue weighted by atomic mass is 10.2. The molecule has 0 aliphatic carbocycles. The number of ether oxygens (including phenoxy) is 2. The first-order valence-electron chi connectivity index (χ1n) is 7.51. The second kappa shape index (κ2) is 8.38. The van der Waals surface area contributed by atoms with Gasteiger partial charge in [0.1, 0.15) is 18.1 Å². The summed E-state index contributed by atoms with van der Waals surface area (Å²) in [6.07, 6.45) is 1.65. The maximum absolute atomic E-state index is 12.7. The predicted molar refractivity (Wildman–Crippen MR) is 98.8 cm³/mol. The molecule has 0 spiro atoms. The van der Waals surface area contributed by atoms with Crippen LogP contribution in [-0.4, -0.2) is 33.5 Å². The van der Waals surface area contributed by atoms with E-state index in [9.17, 15) is 8.42 Å². The number of sulfonamides is 1. The molecule has 25 heavy (non-hydrogen) atoms. The zero-order valence-corrected chi connectivity index (χ0v) is 15.7. The molecular formula is C18H20ClNO4S. The Labute approximate surface area is 153 Å². The zero-order valence-electron chi connectivity index (χ0n) is 14.1. The van der Waals surface area contributed by atoms with Crippen LogP contribution in [0.2, 0.25) is 5.02 Å². The smallest absolute Gasteiger partial charge is 0.243 e. The van der Waals surface area contributed by atoms with Crippen molar-refractivity contribution in [3.8, 4) is 11.5 Å². The molecule has 0 amide bonds. The van der Waals surface area contributed by atoms with Crippen molar-refractivity contribution in [3.05, 3.63) is 65.7 Å². The van der Waals surface area contributed by atoms with Gasteiger partial charge in [-0.15, -0.1) is 0 Å². The summed E-state index contributed by atoms with van der Waals surface area (Å²) in [4.78, 5) is 0.111. The second-order valence-corrected chi connectivity index (χ2v) is 7.76. The Balaban J connectivity index is 2.20. The molecule has 2 aromatic carbocycles. The van der Waals surface area contributed by atoms with E-state index in [1.165, 1.54) is 36.7 Å². The van der Waals surface area contributed by atoms with Crippen LogP contribution in [-0.2, 0) is 16.6 Å². The molecule has 0 aliphatic rings.